The molecule has 2 N–H and O–H groups in total. The summed E-state index contributed by atoms with van der Waals surface area (Å²) >= 11 is 1.13. The quantitative estimate of drug-likeness (QED) is 0.873. The molecule has 22 heavy (non-hydrogen) atoms. The molecule has 2 heterocycles. The van der Waals surface area contributed by atoms with Crippen LogP contribution >= 0.6 is 11.3 Å². The topological polar surface area (TPSA) is 110 Å². The number of ether oxygens (including phenoxy) is 1. The van der Waals surface area contributed by atoms with Gasteiger partial charge >= 0.3 is 0 Å². The second kappa shape index (κ2) is 5.21. The van der Waals surface area contributed by atoms with Gasteiger partial charge in [-0.2, -0.15) is 0 Å². The maximum absolute atomic E-state index is 12.3. The van der Waals surface area contributed by atoms with Crippen molar-refractivity contribution in [1.29, 1.82) is 0 Å². The average Bonchev–Trinajstić information content (AvgIpc) is 2.84. The van der Waals surface area contributed by atoms with Crippen molar-refractivity contribution in [2.24, 2.45) is 0 Å². The summed E-state index contributed by atoms with van der Waals surface area (Å²) in [4.78, 5) is 11.6. The average molecular weight is 340 g/mol. The molecular formula is C12H12N4O4S2. The van der Waals surface area contributed by atoms with Gasteiger partial charge in [0.25, 0.3) is 15.9 Å². The predicted octanol–water partition coefficient (Wildman–Crippen LogP) is 1.37. The number of sulfonamides is 1. The van der Waals surface area contributed by atoms with E-state index in [1.54, 1.807) is 13.8 Å². The summed E-state index contributed by atoms with van der Waals surface area (Å²) in [6.07, 6.45) is -0.613. The third-order valence-corrected chi connectivity index (χ3v) is 5.16. The number of hydrogen-bond acceptors (Lipinski definition) is 7. The van der Waals surface area contributed by atoms with Crippen molar-refractivity contribution in [2.75, 3.05) is 10.0 Å². The van der Waals surface area contributed by atoms with Crippen LogP contribution in [0.25, 0.3) is 0 Å². The summed E-state index contributed by atoms with van der Waals surface area (Å²) in [5.41, 5.74) is 0.319. The Morgan fingerprint density at radius 3 is 2.82 bits per heavy atom. The van der Waals surface area contributed by atoms with E-state index < -0.39 is 16.1 Å². The van der Waals surface area contributed by atoms with Gasteiger partial charge in [-0.05, 0) is 32.0 Å². The number of aromatic nitrogens is 2. The monoisotopic (exact) mass is 340 g/mol. The van der Waals surface area contributed by atoms with Gasteiger partial charge in [-0.15, -0.1) is 10.2 Å². The van der Waals surface area contributed by atoms with E-state index in [2.05, 4.69) is 20.2 Å². The van der Waals surface area contributed by atoms with Gasteiger partial charge in [-0.3, -0.25) is 9.52 Å². The number of aryl methyl sites for hydroxylation is 1. The van der Waals surface area contributed by atoms with Crippen molar-refractivity contribution in [3.8, 4) is 5.75 Å². The highest BCUT2D eigenvalue weighted by atomic mass is 32.2. The molecule has 8 nitrogen and oxygen atoms in total. The summed E-state index contributed by atoms with van der Waals surface area (Å²) < 4.78 is 32.4. The maximum atomic E-state index is 12.3. The summed E-state index contributed by atoms with van der Waals surface area (Å²) in [6, 6.07) is 4.25. The van der Waals surface area contributed by atoms with Crippen molar-refractivity contribution >= 4 is 38.1 Å². The number of benzene rings is 1. The third kappa shape index (κ3) is 2.74. The van der Waals surface area contributed by atoms with Crippen molar-refractivity contribution in [3.05, 3.63) is 23.2 Å². The van der Waals surface area contributed by atoms with Gasteiger partial charge in [-0.1, -0.05) is 11.3 Å². The number of carbonyl (C=O) groups excluding carboxylic acids is 1. The summed E-state index contributed by atoms with van der Waals surface area (Å²) in [5.74, 6) is 0.104. The minimum absolute atomic E-state index is 0.00226. The lowest BCUT2D eigenvalue weighted by Gasteiger charge is -2.23. The fraction of sp³-hybridized carbons (Fsp3) is 0.250. The Hall–Kier alpha value is -2.20. The van der Waals surface area contributed by atoms with E-state index in [0.29, 0.717) is 16.4 Å². The molecule has 0 aliphatic carbocycles. The Balaban J connectivity index is 1.92. The molecule has 0 saturated heterocycles. The van der Waals surface area contributed by atoms with Crippen molar-refractivity contribution < 1.29 is 17.9 Å². The molecule has 0 fully saturated rings. The van der Waals surface area contributed by atoms with Crippen LogP contribution in [-0.2, 0) is 14.8 Å². The SMILES string of the molecule is Cc1nnc(NS(=O)(=O)c2ccc3c(c2)NC(=O)C(C)O3)s1. The zero-order valence-electron chi connectivity index (χ0n) is 11.7. The van der Waals surface area contributed by atoms with Gasteiger partial charge in [0.05, 0.1) is 10.6 Å². The van der Waals surface area contributed by atoms with Gasteiger partial charge in [0, 0.05) is 0 Å². The van der Waals surface area contributed by atoms with Crippen molar-refractivity contribution in [3.63, 3.8) is 0 Å². The minimum Gasteiger partial charge on any atom is -0.479 e. The molecule has 0 bridgehead atoms. The predicted molar refractivity (Wildman–Crippen MR) is 80.6 cm³/mol. The van der Waals surface area contributed by atoms with Gasteiger partial charge in [-0.25, -0.2) is 8.42 Å². The number of nitrogens with zero attached hydrogens (tertiary/aromatic N) is 2. The van der Waals surface area contributed by atoms with Gasteiger partial charge in [0.1, 0.15) is 10.8 Å². The fourth-order valence-electron chi connectivity index (χ4n) is 1.87. The summed E-state index contributed by atoms with van der Waals surface area (Å²) in [6.45, 7) is 3.34. The van der Waals surface area contributed by atoms with E-state index in [0.717, 1.165) is 11.3 Å². The molecule has 10 heteroatoms. The van der Waals surface area contributed by atoms with Crippen LogP contribution < -0.4 is 14.8 Å². The summed E-state index contributed by atoms with van der Waals surface area (Å²) in [5, 5.41) is 10.9. The highest BCUT2D eigenvalue weighted by Crippen LogP contribution is 2.32. The molecule has 1 aromatic heterocycles. The van der Waals surface area contributed by atoms with E-state index in [-0.39, 0.29) is 15.9 Å². The van der Waals surface area contributed by atoms with Gasteiger partial charge < -0.3 is 10.1 Å². The molecule has 0 saturated carbocycles. The van der Waals surface area contributed by atoms with Crippen LogP contribution in [0.15, 0.2) is 23.1 Å². The molecule has 3 rings (SSSR count). The highest BCUT2D eigenvalue weighted by molar-refractivity contribution is 7.93. The number of hydrogen-bond donors (Lipinski definition) is 2. The number of rotatable bonds is 3. The number of amides is 1. The van der Waals surface area contributed by atoms with Crippen molar-refractivity contribution in [2.45, 2.75) is 24.8 Å². The third-order valence-electron chi connectivity index (χ3n) is 2.94. The number of fused-ring (bicyclic) bond motifs is 1. The van der Waals surface area contributed by atoms with Crippen LogP contribution in [0.5, 0.6) is 5.75 Å². The first-order valence-electron chi connectivity index (χ1n) is 6.30. The van der Waals surface area contributed by atoms with Gasteiger partial charge in [0.2, 0.25) is 5.13 Å². The molecule has 1 aromatic carbocycles. The van der Waals surface area contributed by atoms with Crippen LogP contribution in [0, 0.1) is 6.92 Å². The lowest BCUT2D eigenvalue weighted by atomic mass is 10.2. The molecule has 1 aliphatic rings. The van der Waals surface area contributed by atoms with E-state index in [1.165, 1.54) is 18.2 Å². The molecule has 1 aliphatic heterocycles. The number of nitrogens with one attached hydrogen (secondary N) is 2. The Labute approximate surface area is 130 Å². The Morgan fingerprint density at radius 1 is 1.36 bits per heavy atom. The Bertz CT molecular complexity index is 847. The van der Waals surface area contributed by atoms with Crippen molar-refractivity contribution in [1.82, 2.24) is 10.2 Å². The zero-order chi connectivity index (χ0) is 15.9. The summed E-state index contributed by atoms with van der Waals surface area (Å²) in [7, 11) is -3.81. The van der Waals surface area contributed by atoms with Crippen LogP contribution in [0.3, 0.4) is 0 Å². The number of carbonyl (C=O) groups is 1. The molecule has 0 spiro atoms. The molecule has 0 radical (unpaired) electrons. The highest BCUT2D eigenvalue weighted by Gasteiger charge is 2.26. The molecule has 1 amide bonds. The van der Waals surface area contributed by atoms with Crippen LogP contribution in [0.4, 0.5) is 10.8 Å². The minimum atomic E-state index is -3.81. The molecular weight excluding hydrogens is 328 g/mol. The normalized spacial score (nSPS) is 17.4. The Morgan fingerprint density at radius 2 is 2.14 bits per heavy atom. The smallest absolute Gasteiger partial charge is 0.265 e. The van der Waals surface area contributed by atoms with E-state index >= 15 is 0 Å². The lowest BCUT2D eigenvalue weighted by Crippen LogP contribution is -2.34. The largest absolute Gasteiger partial charge is 0.479 e. The van der Waals surface area contributed by atoms with Crippen LogP contribution in [0.2, 0.25) is 0 Å². The second-order valence-electron chi connectivity index (χ2n) is 4.64. The van der Waals surface area contributed by atoms with Gasteiger partial charge in [0.15, 0.2) is 6.10 Å². The molecule has 1 unspecified atom stereocenters. The molecule has 1 atom stereocenters. The maximum Gasteiger partial charge on any atom is 0.265 e. The first-order valence-corrected chi connectivity index (χ1v) is 8.59. The van der Waals surface area contributed by atoms with E-state index in [4.69, 9.17) is 4.74 Å². The first kappa shape index (κ1) is 14.7. The zero-order valence-corrected chi connectivity index (χ0v) is 13.3. The van der Waals surface area contributed by atoms with Crippen LogP contribution in [-0.4, -0.2) is 30.6 Å². The number of anilines is 2. The molecule has 116 valence electrons. The Kier molecular flexibility index (Phi) is 3.49. The first-order chi connectivity index (χ1) is 10.3. The molecule has 2 aromatic rings. The second-order valence-corrected chi connectivity index (χ2v) is 7.50. The lowest BCUT2D eigenvalue weighted by molar-refractivity contribution is -0.122. The van der Waals surface area contributed by atoms with E-state index in [9.17, 15) is 13.2 Å². The van der Waals surface area contributed by atoms with Crippen LogP contribution in [0.1, 0.15) is 11.9 Å². The standard InChI is InChI=1S/C12H12N4O4S2/c1-6-11(17)13-9-5-8(3-4-10(9)20-6)22(18,19)16-12-15-14-7(2)21-12/h3-6H,1-2H3,(H,13,17)(H,15,16). The fourth-order valence-corrected chi connectivity index (χ4v) is 3.71. The van der Waals surface area contributed by atoms with E-state index in [1.807, 2.05) is 0 Å².